The van der Waals surface area contributed by atoms with Crippen LogP contribution in [0, 0.1) is 0 Å². The van der Waals surface area contributed by atoms with Crippen molar-refractivity contribution in [2.45, 2.75) is 25.7 Å². The van der Waals surface area contributed by atoms with Gasteiger partial charge in [-0.2, -0.15) is 0 Å². The summed E-state index contributed by atoms with van der Waals surface area (Å²) in [4.78, 5) is 16.2. The third-order valence-electron chi connectivity index (χ3n) is 5.42. The van der Waals surface area contributed by atoms with Gasteiger partial charge in [-0.15, -0.1) is 0 Å². The van der Waals surface area contributed by atoms with Gasteiger partial charge < -0.3 is 24.5 Å². The van der Waals surface area contributed by atoms with Gasteiger partial charge in [-0.1, -0.05) is 31.2 Å². The number of rotatable bonds is 10. The van der Waals surface area contributed by atoms with Crippen LogP contribution in [0.5, 0.6) is 11.5 Å². The topological polar surface area (TPSA) is 72.6 Å². The van der Waals surface area contributed by atoms with Gasteiger partial charge in [0.25, 0.3) is 0 Å². The minimum absolute atomic E-state index is 0.0316. The summed E-state index contributed by atoms with van der Waals surface area (Å²) in [6.07, 6.45) is 3.25. The molecule has 160 valence electrons. The molecular formula is C24H30N2O4. The van der Waals surface area contributed by atoms with Crippen LogP contribution < -0.4 is 14.8 Å². The highest BCUT2D eigenvalue weighted by atomic mass is 16.5. The maximum atomic E-state index is 12.7. The first-order valence-electron chi connectivity index (χ1n) is 10.2. The molecule has 0 radical (unpaired) electrons. The van der Waals surface area contributed by atoms with E-state index < -0.39 is 0 Å². The molecule has 0 bridgehead atoms. The Labute approximate surface area is 177 Å². The van der Waals surface area contributed by atoms with Gasteiger partial charge in [-0.3, -0.25) is 4.79 Å². The second-order valence-electron chi connectivity index (χ2n) is 7.14. The highest BCUT2D eigenvalue weighted by Crippen LogP contribution is 2.39. The molecule has 0 spiro atoms. The largest absolute Gasteiger partial charge is 0.497 e. The molecule has 0 aliphatic heterocycles. The van der Waals surface area contributed by atoms with Crippen molar-refractivity contribution in [3.8, 4) is 11.5 Å². The molecule has 1 heterocycles. The zero-order valence-corrected chi connectivity index (χ0v) is 18.1. The maximum Gasteiger partial charge on any atom is 0.221 e. The Bertz CT molecular complexity index is 996. The van der Waals surface area contributed by atoms with Crippen LogP contribution in [0.2, 0.25) is 0 Å². The number of aromatic amines is 1. The van der Waals surface area contributed by atoms with E-state index in [1.807, 2.05) is 24.4 Å². The molecule has 0 aliphatic carbocycles. The number of amides is 1. The Morgan fingerprint density at radius 2 is 1.93 bits per heavy atom. The molecule has 3 rings (SSSR count). The maximum absolute atomic E-state index is 12.7. The molecule has 0 aliphatic rings. The lowest BCUT2D eigenvalue weighted by Crippen LogP contribution is -2.28. The van der Waals surface area contributed by atoms with Gasteiger partial charge in [0.05, 0.1) is 20.8 Å². The number of methoxy groups -OCH3 is 3. The van der Waals surface area contributed by atoms with Crippen molar-refractivity contribution >= 4 is 16.8 Å². The zero-order chi connectivity index (χ0) is 21.5. The fraction of sp³-hybridized carbons (Fsp3) is 0.375. The normalized spacial score (nSPS) is 12.0. The molecule has 1 atom stereocenters. The van der Waals surface area contributed by atoms with Gasteiger partial charge >= 0.3 is 0 Å². The van der Waals surface area contributed by atoms with Crippen molar-refractivity contribution < 1.29 is 19.0 Å². The predicted molar refractivity (Wildman–Crippen MR) is 119 cm³/mol. The van der Waals surface area contributed by atoms with Crippen LogP contribution in [0.1, 0.15) is 36.0 Å². The fourth-order valence-electron chi connectivity index (χ4n) is 3.87. The molecule has 1 unspecified atom stereocenters. The summed E-state index contributed by atoms with van der Waals surface area (Å²) < 4.78 is 16.1. The molecule has 0 saturated carbocycles. The van der Waals surface area contributed by atoms with Gasteiger partial charge in [0.15, 0.2) is 0 Å². The number of aryl methyl sites for hydroxylation is 1. The van der Waals surface area contributed by atoms with E-state index in [4.69, 9.17) is 14.2 Å². The van der Waals surface area contributed by atoms with E-state index >= 15 is 0 Å². The van der Waals surface area contributed by atoms with Crippen molar-refractivity contribution in [1.29, 1.82) is 0 Å². The second kappa shape index (κ2) is 10.2. The molecule has 6 nitrogen and oxygen atoms in total. The highest BCUT2D eigenvalue weighted by molar-refractivity contribution is 5.88. The second-order valence-corrected chi connectivity index (χ2v) is 7.14. The molecule has 2 aromatic carbocycles. The van der Waals surface area contributed by atoms with E-state index in [0.717, 1.165) is 28.5 Å². The summed E-state index contributed by atoms with van der Waals surface area (Å²) in [6, 6.07) is 12.0. The van der Waals surface area contributed by atoms with Crippen LogP contribution in [-0.2, 0) is 16.0 Å². The van der Waals surface area contributed by atoms with Gasteiger partial charge in [0, 0.05) is 54.7 Å². The van der Waals surface area contributed by atoms with E-state index in [-0.39, 0.29) is 11.8 Å². The first-order chi connectivity index (χ1) is 14.6. The minimum Gasteiger partial charge on any atom is -0.497 e. The van der Waals surface area contributed by atoms with E-state index in [2.05, 4.69) is 35.4 Å². The average molecular weight is 411 g/mol. The number of fused-ring (bicyclic) bond motifs is 1. The smallest absolute Gasteiger partial charge is 0.221 e. The van der Waals surface area contributed by atoms with Crippen molar-refractivity contribution in [3.05, 3.63) is 59.3 Å². The van der Waals surface area contributed by atoms with Crippen molar-refractivity contribution in [3.63, 3.8) is 0 Å². The van der Waals surface area contributed by atoms with Crippen LogP contribution >= 0.6 is 0 Å². The molecular weight excluding hydrogens is 380 g/mol. The van der Waals surface area contributed by atoms with Gasteiger partial charge in [-0.05, 0) is 23.6 Å². The van der Waals surface area contributed by atoms with Crippen LogP contribution in [-0.4, -0.2) is 45.4 Å². The average Bonchev–Trinajstić information content (AvgIpc) is 3.21. The number of benzene rings is 2. The van der Waals surface area contributed by atoms with Crippen LogP contribution in [0.4, 0.5) is 0 Å². The Hall–Kier alpha value is -2.99. The number of H-pyrrole nitrogens is 1. The lowest BCUT2D eigenvalue weighted by atomic mass is 9.87. The van der Waals surface area contributed by atoms with E-state index in [1.165, 1.54) is 5.56 Å². The highest BCUT2D eigenvalue weighted by Gasteiger charge is 2.25. The Morgan fingerprint density at radius 3 is 2.63 bits per heavy atom. The lowest BCUT2D eigenvalue weighted by Gasteiger charge is -2.20. The number of hydrogen-bond donors (Lipinski definition) is 2. The molecule has 2 N–H and O–H groups in total. The number of hydrogen-bond acceptors (Lipinski definition) is 4. The summed E-state index contributed by atoms with van der Waals surface area (Å²) in [7, 11) is 4.88. The summed E-state index contributed by atoms with van der Waals surface area (Å²) >= 11 is 0. The molecule has 1 amide bonds. The number of aromatic nitrogens is 1. The molecule has 0 saturated heterocycles. The number of para-hydroxylation sites is 1. The summed E-state index contributed by atoms with van der Waals surface area (Å²) in [5.41, 5.74) is 4.39. The molecule has 30 heavy (non-hydrogen) atoms. The number of ether oxygens (including phenoxy) is 3. The summed E-state index contributed by atoms with van der Waals surface area (Å²) in [6.45, 7) is 3.10. The van der Waals surface area contributed by atoms with Gasteiger partial charge in [0.2, 0.25) is 5.91 Å². The van der Waals surface area contributed by atoms with Crippen LogP contribution in [0.25, 0.3) is 10.9 Å². The third kappa shape index (κ3) is 4.60. The molecule has 6 heteroatoms. The van der Waals surface area contributed by atoms with Crippen molar-refractivity contribution in [1.82, 2.24) is 10.3 Å². The van der Waals surface area contributed by atoms with Crippen molar-refractivity contribution in [2.24, 2.45) is 0 Å². The van der Waals surface area contributed by atoms with Gasteiger partial charge in [-0.25, -0.2) is 0 Å². The van der Waals surface area contributed by atoms with Crippen molar-refractivity contribution in [2.75, 3.05) is 34.5 Å². The van der Waals surface area contributed by atoms with Gasteiger partial charge in [0.1, 0.15) is 11.5 Å². The lowest BCUT2D eigenvalue weighted by molar-refractivity contribution is -0.121. The Morgan fingerprint density at radius 1 is 1.10 bits per heavy atom. The zero-order valence-electron chi connectivity index (χ0n) is 18.1. The quantitative estimate of drug-likeness (QED) is 0.495. The molecule has 1 aromatic heterocycles. The summed E-state index contributed by atoms with van der Waals surface area (Å²) in [5, 5.41) is 4.06. The SMILES string of the molecule is CCc1cccc2c(C(CC(=O)NCCOC)c3ccc(OC)cc3OC)c[nH]c12. The van der Waals surface area contributed by atoms with E-state index in [0.29, 0.717) is 31.1 Å². The van der Waals surface area contributed by atoms with E-state index in [9.17, 15) is 4.79 Å². The number of nitrogens with one attached hydrogen (secondary N) is 2. The first-order valence-corrected chi connectivity index (χ1v) is 10.2. The predicted octanol–water partition coefficient (Wildman–Crippen LogP) is 4.03. The van der Waals surface area contributed by atoms with Crippen LogP contribution in [0.15, 0.2) is 42.6 Å². The number of carbonyl (C=O) groups is 1. The fourth-order valence-corrected chi connectivity index (χ4v) is 3.87. The molecule has 0 fully saturated rings. The van der Waals surface area contributed by atoms with E-state index in [1.54, 1.807) is 21.3 Å². The summed E-state index contributed by atoms with van der Waals surface area (Å²) in [5.74, 6) is 1.21. The number of carbonyl (C=O) groups excluding carboxylic acids is 1. The molecule has 3 aromatic rings. The Kier molecular flexibility index (Phi) is 7.36. The third-order valence-corrected chi connectivity index (χ3v) is 5.42. The minimum atomic E-state index is -0.172. The Balaban J connectivity index is 2.06. The standard InChI is InChI=1S/C24H30N2O4/c1-5-16-7-6-8-19-21(15-26-24(16)19)20(14-23(27)25-11-12-28-2)18-10-9-17(29-3)13-22(18)30-4/h6-10,13,15,20,26H,5,11-12,14H2,1-4H3,(H,25,27). The monoisotopic (exact) mass is 410 g/mol. The van der Waals surface area contributed by atoms with Crippen LogP contribution in [0.3, 0.4) is 0 Å². The first kappa shape index (κ1) is 21.7.